The van der Waals surface area contributed by atoms with E-state index in [-0.39, 0.29) is 12.7 Å². The predicted molar refractivity (Wildman–Crippen MR) is 80.5 cm³/mol. The summed E-state index contributed by atoms with van der Waals surface area (Å²) in [5, 5.41) is 0. The number of rotatable bonds is 2. The highest BCUT2D eigenvalue weighted by molar-refractivity contribution is 6.00. The number of hydrogen-bond donors (Lipinski definition) is 1. The average molecular weight is 290 g/mol. The van der Waals surface area contributed by atoms with Crippen LogP contribution in [0.4, 0.5) is 5.69 Å². The van der Waals surface area contributed by atoms with Gasteiger partial charge in [0.15, 0.2) is 11.5 Å². The molecule has 1 amide bonds. The van der Waals surface area contributed by atoms with Crippen molar-refractivity contribution in [3.05, 3.63) is 17.7 Å². The quantitative estimate of drug-likeness (QED) is 0.850. The van der Waals surface area contributed by atoms with Crippen molar-refractivity contribution in [2.75, 3.05) is 19.6 Å². The fourth-order valence-corrected chi connectivity index (χ4v) is 3.13. The summed E-state index contributed by atoms with van der Waals surface area (Å²) in [5.41, 5.74) is 6.95. The van der Waals surface area contributed by atoms with E-state index >= 15 is 0 Å². The molecule has 1 aromatic rings. The lowest BCUT2D eigenvalue weighted by molar-refractivity contribution is 0.0680. The van der Waals surface area contributed by atoms with Gasteiger partial charge >= 0.3 is 0 Å². The molecule has 1 aliphatic heterocycles. The molecule has 3 rings (SSSR count). The summed E-state index contributed by atoms with van der Waals surface area (Å²) in [5.74, 6) is 1.93. The summed E-state index contributed by atoms with van der Waals surface area (Å²) in [6.07, 6.45) is 4.49. The smallest absolute Gasteiger partial charge is 0.256 e. The van der Waals surface area contributed by atoms with Crippen LogP contribution in [0, 0.1) is 5.92 Å². The van der Waals surface area contributed by atoms with Crippen LogP contribution in [0.5, 0.6) is 11.5 Å². The van der Waals surface area contributed by atoms with E-state index in [4.69, 9.17) is 15.2 Å². The highest BCUT2D eigenvalue weighted by Crippen LogP contribution is 2.37. The Morgan fingerprint density at radius 3 is 2.48 bits per heavy atom. The van der Waals surface area contributed by atoms with Gasteiger partial charge in [0.1, 0.15) is 0 Å². The number of anilines is 1. The SMILES string of the molecule is CC1CCC(N(C)C(=O)c2cc3c(cc2N)OCO3)CC1. The Morgan fingerprint density at radius 1 is 1.19 bits per heavy atom. The summed E-state index contributed by atoms with van der Waals surface area (Å²) in [4.78, 5) is 14.5. The molecule has 0 aromatic heterocycles. The molecule has 2 aliphatic rings. The molecule has 0 unspecified atom stereocenters. The van der Waals surface area contributed by atoms with Crippen LogP contribution in [0.1, 0.15) is 43.0 Å². The molecular weight excluding hydrogens is 268 g/mol. The first kappa shape index (κ1) is 14.0. The second-order valence-electron chi connectivity index (χ2n) is 6.12. The highest BCUT2D eigenvalue weighted by atomic mass is 16.7. The van der Waals surface area contributed by atoms with Gasteiger partial charge in [0.05, 0.1) is 5.56 Å². The van der Waals surface area contributed by atoms with Crippen LogP contribution >= 0.6 is 0 Å². The van der Waals surface area contributed by atoms with Gasteiger partial charge < -0.3 is 20.1 Å². The lowest BCUT2D eigenvalue weighted by atomic mass is 9.86. The fraction of sp³-hybridized carbons (Fsp3) is 0.562. The second-order valence-corrected chi connectivity index (χ2v) is 6.12. The Kier molecular flexibility index (Phi) is 3.66. The summed E-state index contributed by atoms with van der Waals surface area (Å²) in [6.45, 7) is 2.45. The Morgan fingerprint density at radius 2 is 1.81 bits per heavy atom. The van der Waals surface area contributed by atoms with Gasteiger partial charge in [-0.3, -0.25) is 4.79 Å². The van der Waals surface area contributed by atoms with E-state index in [1.807, 2.05) is 11.9 Å². The van der Waals surface area contributed by atoms with E-state index in [1.54, 1.807) is 12.1 Å². The maximum atomic E-state index is 12.7. The van der Waals surface area contributed by atoms with Gasteiger partial charge in [0.2, 0.25) is 6.79 Å². The number of carbonyl (C=O) groups excluding carboxylic acids is 1. The summed E-state index contributed by atoms with van der Waals surface area (Å²) in [7, 11) is 1.87. The molecule has 1 saturated carbocycles. The number of amides is 1. The summed E-state index contributed by atoms with van der Waals surface area (Å²) in [6, 6.07) is 3.67. The minimum atomic E-state index is -0.0367. The Balaban J connectivity index is 1.78. The normalized spacial score (nSPS) is 23.9. The number of ether oxygens (including phenoxy) is 2. The molecule has 1 fully saturated rings. The molecule has 5 heteroatoms. The minimum absolute atomic E-state index is 0.0367. The van der Waals surface area contributed by atoms with Crippen molar-refractivity contribution in [2.45, 2.75) is 38.6 Å². The predicted octanol–water partition coefficient (Wildman–Crippen LogP) is 2.65. The van der Waals surface area contributed by atoms with Crippen LogP contribution in [0.15, 0.2) is 12.1 Å². The Hall–Kier alpha value is -1.91. The molecule has 5 nitrogen and oxygen atoms in total. The van der Waals surface area contributed by atoms with Gasteiger partial charge in [-0.1, -0.05) is 6.92 Å². The van der Waals surface area contributed by atoms with E-state index in [2.05, 4.69) is 6.92 Å². The molecule has 1 aromatic carbocycles. The zero-order chi connectivity index (χ0) is 15.0. The largest absolute Gasteiger partial charge is 0.454 e. The van der Waals surface area contributed by atoms with Crippen LogP contribution in [-0.4, -0.2) is 30.7 Å². The lowest BCUT2D eigenvalue weighted by Gasteiger charge is -2.33. The molecule has 2 N–H and O–H groups in total. The maximum absolute atomic E-state index is 12.7. The first-order valence-electron chi connectivity index (χ1n) is 7.52. The van der Waals surface area contributed by atoms with E-state index in [9.17, 15) is 4.79 Å². The first-order chi connectivity index (χ1) is 10.1. The second kappa shape index (κ2) is 5.47. The van der Waals surface area contributed by atoms with E-state index in [0.29, 0.717) is 28.8 Å². The molecule has 0 bridgehead atoms. The van der Waals surface area contributed by atoms with Gasteiger partial charge in [-0.05, 0) is 37.7 Å². The van der Waals surface area contributed by atoms with E-state index in [1.165, 1.54) is 12.8 Å². The van der Waals surface area contributed by atoms with Gasteiger partial charge in [0.25, 0.3) is 5.91 Å². The molecule has 0 saturated heterocycles. The molecule has 21 heavy (non-hydrogen) atoms. The molecule has 0 radical (unpaired) electrons. The maximum Gasteiger partial charge on any atom is 0.256 e. The molecule has 1 heterocycles. The third-order valence-electron chi connectivity index (χ3n) is 4.63. The van der Waals surface area contributed by atoms with Crippen molar-refractivity contribution < 1.29 is 14.3 Å². The third-order valence-corrected chi connectivity index (χ3v) is 4.63. The summed E-state index contributed by atoms with van der Waals surface area (Å²) >= 11 is 0. The van der Waals surface area contributed by atoms with Crippen LogP contribution in [0.2, 0.25) is 0 Å². The number of hydrogen-bond acceptors (Lipinski definition) is 4. The number of nitrogens with two attached hydrogens (primary N) is 1. The molecule has 0 spiro atoms. The van der Waals surface area contributed by atoms with Gasteiger partial charge in [-0.15, -0.1) is 0 Å². The van der Waals surface area contributed by atoms with Crippen molar-refractivity contribution >= 4 is 11.6 Å². The van der Waals surface area contributed by atoms with Crippen molar-refractivity contribution in [2.24, 2.45) is 5.92 Å². The fourth-order valence-electron chi connectivity index (χ4n) is 3.13. The van der Waals surface area contributed by atoms with Crippen molar-refractivity contribution in [3.8, 4) is 11.5 Å². The topological polar surface area (TPSA) is 64.8 Å². The van der Waals surface area contributed by atoms with Gasteiger partial charge in [-0.25, -0.2) is 0 Å². The van der Waals surface area contributed by atoms with E-state index in [0.717, 1.165) is 18.8 Å². The zero-order valence-electron chi connectivity index (χ0n) is 12.6. The van der Waals surface area contributed by atoms with Crippen molar-refractivity contribution in [3.63, 3.8) is 0 Å². The number of nitrogens with zero attached hydrogens (tertiary/aromatic N) is 1. The molecule has 114 valence electrons. The summed E-state index contributed by atoms with van der Waals surface area (Å²) < 4.78 is 10.6. The number of fused-ring (bicyclic) bond motifs is 1. The first-order valence-corrected chi connectivity index (χ1v) is 7.52. The zero-order valence-corrected chi connectivity index (χ0v) is 12.6. The van der Waals surface area contributed by atoms with Crippen LogP contribution in [0.3, 0.4) is 0 Å². The van der Waals surface area contributed by atoms with Crippen molar-refractivity contribution in [1.82, 2.24) is 4.90 Å². The lowest BCUT2D eigenvalue weighted by Crippen LogP contribution is -2.39. The van der Waals surface area contributed by atoms with Crippen LogP contribution < -0.4 is 15.2 Å². The van der Waals surface area contributed by atoms with Crippen LogP contribution in [0.25, 0.3) is 0 Å². The Bertz CT molecular complexity index is 551. The van der Waals surface area contributed by atoms with Crippen LogP contribution in [-0.2, 0) is 0 Å². The van der Waals surface area contributed by atoms with Gasteiger partial charge in [-0.2, -0.15) is 0 Å². The average Bonchev–Trinajstić information content (AvgIpc) is 2.93. The molecular formula is C16H22N2O3. The minimum Gasteiger partial charge on any atom is -0.454 e. The number of nitrogen functional groups attached to an aromatic ring is 1. The van der Waals surface area contributed by atoms with Crippen molar-refractivity contribution in [1.29, 1.82) is 0 Å². The molecule has 0 atom stereocenters. The number of carbonyl (C=O) groups is 1. The van der Waals surface area contributed by atoms with E-state index < -0.39 is 0 Å². The third kappa shape index (κ3) is 2.64. The standard InChI is InChI=1S/C16H22N2O3/c1-10-3-5-11(6-4-10)18(2)16(19)12-7-14-15(8-13(12)17)21-9-20-14/h7-8,10-11H,3-6,9,17H2,1-2H3. The molecule has 1 aliphatic carbocycles. The van der Waals surface area contributed by atoms with Gasteiger partial charge in [0, 0.05) is 24.8 Å². The number of benzene rings is 1. The highest BCUT2D eigenvalue weighted by Gasteiger charge is 2.28. The monoisotopic (exact) mass is 290 g/mol. The Labute approximate surface area is 125 Å².